The van der Waals surface area contributed by atoms with Crippen LogP contribution in [0, 0.1) is 0 Å². The van der Waals surface area contributed by atoms with E-state index in [0.717, 1.165) is 6.47 Å². The molecule has 0 aliphatic carbocycles. The number of hydrogen-bond acceptors (Lipinski definition) is 4. The van der Waals surface area contributed by atoms with Crippen molar-refractivity contribution in [3.63, 3.8) is 0 Å². The molecule has 0 bridgehead atoms. The van der Waals surface area contributed by atoms with Crippen molar-refractivity contribution in [3.8, 4) is 0 Å². The number of alkyl halides is 3. The zero-order chi connectivity index (χ0) is 11.2. The highest BCUT2D eigenvalue weighted by molar-refractivity contribution is 6.54. The van der Waals surface area contributed by atoms with E-state index in [1.165, 1.54) is 6.08 Å². The third-order valence-corrected chi connectivity index (χ3v) is 2.32. The fourth-order valence-corrected chi connectivity index (χ4v) is 0.807. The Morgan fingerprint density at radius 2 is 2.21 bits per heavy atom. The van der Waals surface area contributed by atoms with E-state index in [9.17, 15) is 9.59 Å². The van der Waals surface area contributed by atoms with E-state index in [4.69, 9.17) is 34.8 Å². The lowest BCUT2D eigenvalue weighted by molar-refractivity contribution is -0.143. The predicted molar refractivity (Wildman–Crippen MR) is 52.0 cm³/mol. The first kappa shape index (κ1) is 13.5. The number of ether oxygens (including phenoxy) is 2. The highest BCUT2D eigenvalue weighted by atomic mass is 35.5. The van der Waals surface area contributed by atoms with Crippen LogP contribution in [0.2, 0.25) is 0 Å². The maximum atomic E-state index is 11.0. The van der Waals surface area contributed by atoms with Crippen LogP contribution in [0.25, 0.3) is 0 Å². The number of hydrogen-bond donors (Lipinski definition) is 0. The van der Waals surface area contributed by atoms with E-state index in [-0.39, 0.29) is 6.61 Å². The van der Waals surface area contributed by atoms with Gasteiger partial charge in [-0.3, -0.25) is 4.79 Å². The molecule has 0 spiro atoms. The van der Waals surface area contributed by atoms with Crippen molar-refractivity contribution in [2.24, 2.45) is 0 Å². The van der Waals surface area contributed by atoms with Gasteiger partial charge in [-0.1, -0.05) is 35.9 Å². The zero-order valence-corrected chi connectivity index (χ0v) is 9.10. The molecule has 0 aliphatic heterocycles. The Labute approximate surface area is 95.7 Å². The summed E-state index contributed by atoms with van der Waals surface area (Å²) >= 11 is 16.2. The Balaban J connectivity index is 4.27. The molecule has 1 radical (unpaired) electrons. The van der Waals surface area contributed by atoms with Gasteiger partial charge in [-0.15, -0.1) is 11.6 Å². The largest absolute Gasteiger partial charge is 0.460 e. The second kappa shape index (κ2) is 6.11. The lowest BCUT2D eigenvalue weighted by atomic mass is 10.4. The van der Waals surface area contributed by atoms with E-state index in [1.54, 1.807) is 0 Å². The summed E-state index contributed by atoms with van der Waals surface area (Å²) in [6, 6.07) is 0. The van der Waals surface area contributed by atoms with Gasteiger partial charge in [-0.25, -0.2) is 4.79 Å². The third kappa shape index (κ3) is 4.17. The monoisotopic (exact) mass is 259 g/mol. The maximum Gasteiger partial charge on any atom is 0.420 e. The summed E-state index contributed by atoms with van der Waals surface area (Å²) < 4.78 is 6.38. The van der Waals surface area contributed by atoms with Crippen molar-refractivity contribution in [1.29, 1.82) is 0 Å². The van der Waals surface area contributed by atoms with Crippen LogP contribution in [-0.2, 0) is 19.1 Å². The van der Waals surface area contributed by atoms with Crippen molar-refractivity contribution in [3.05, 3.63) is 12.7 Å². The molecule has 0 N–H and O–H groups in total. The van der Waals surface area contributed by atoms with Gasteiger partial charge in [0.2, 0.25) is 0 Å². The molecule has 0 aromatic heterocycles. The van der Waals surface area contributed by atoms with E-state index < -0.39 is 15.9 Å². The van der Waals surface area contributed by atoms with Crippen LogP contribution in [-0.4, -0.2) is 28.9 Å². The van der Waals surface area contributed by atoms with Crippen LogP contribution in [0.1, 0.15) is 0 Å². The van der Waals surface area contributed by atoms with Gasteiger partial charge in [0.05, 0.1) is 0 Å². The summed E-state index contributed by atoms with van der Waals surface area (Å²) in [6.45, 7) is 4.24. The first-order valence-electron chi connectivity index (χ1n) is 3.30. The fourth-order valence-electron chi connectivity index (χ4n) is 0.459. The molecule has 7 heteroatoms. The van der Waals surface area contributed by atoms with Gasteiger partial charge in [0.15, 0.2) is 5.38 Å². The molecule has 0 aliphatic rings. The average Bonchev–Trinajstić information content (AvgIpc) is 2.12. The molecule has 0 aromatic carbocycles. The first-order valence-corrected chi connectivity index (χ1v) is 4.49. The summed E-state index contributed by atoms with van der Waals surface area (Å²) in [6.07, 6.45) is 1.33. The molecule has 0 fully saturated rings. The quantitative estimate of drug-likeness (QED) is 0.413. The van der Waals surface area contributed by atoms with Gasteiger partial charge in [0.25, 0.3) is 4.52 Å². The average molecular weight is 260 g/mol. The van der Waals surface area contributed by atoms with Gasteiger partial charge >= 0.3 is 12.4 Å². The summed E-state index contributed by atoms with van der Waals surface area (Å²) in [7, 11) is 0. The van der Waals surface area contributed by atoms with Crippen molar-refractivity contribution in [2.75, 3.05) is 6.61 Å². The topological polar surface area (TPSA) is 52.6 Å². The molecule has 14 heavy (non-hydrogen) atoms. The number of rotatable bonds is 6. The highest BCUT2D eigenvalue weighted by Gasteiger charge is 2.42. The Hall–Kier alpha value is -0.450. The van der Waals surface area contributed by atoms with Crippen LogP contribution in [0.4, 0.5) is 0 Å². The van der Waals surface area contributed by atoms with Crippen LogP contribution >= 0.6 is 34.8 Å². The third-order valence-electron chi connectivity index (χ3n) is 1.02. The normalized spacial score (nSPS) is 12.8. The van der Waals surface area contributed by atoms with Gasteiger partial charge in [0.1, 0.15) is 6.61 Å². The van der Waals surface area contributed by atoms with Crippen LogP contribution in [0.5, 0.6) is 0 Å². The Kier molecular flexibility index (Phi) is 5.92. The van der Waals surface area contributed by atoms with Crippen molar-refractivity contribution in [2.45, 2.75) is 9.90 Å². The van der Waals surface area contributed by atoms with Gasteiger partial charge in [-0.05, 0) is 0 Å². The van der Waals surface area contributed by atoms with Gasteiger partial charge in [0, 0.05) is 0 Å². The minimum atomic E-state index is -2.19. The SMILES string of the molecule is C=CCOC(=O)C(Cl)C(Cl)(Cl)O[C]=O. The minimum absolute atomic E-state index is 0.0449. The molecule has 4 nitrogen and oxygen atoms in total. The predicted octanol–water partition coefficient (Wildman–Crippen LogP) is 1.54. The summed E-state index contributed by atoms with van der Waals surface area (Å²) in [5.74, 6) is -0.924. The van der Waals surface area contributed by atoms with E-state index in [0.29, 0.717) is 0 Å². The highest BCUT2D eigenvalue weighted by Crippen LogP contribution is 2.30. The van der Waals surface area contributed by atoms with Crippen molar-refractivity contribution < 1.29 is 19.1 Å². The Bertz CT molecular complexity index is 229. The molecule has 0 aromatic rings. The van der Waals surface area contributed by atoms with Gasteiger partial charge < -0.3 is 9.47 Å². The number of halogens is 3. The molecule has 0 heterocycles. The summed E-state index contributed by atoms with van der Waals surface area (Å²) in [5, 5.41) is -1.53. The standard InChI is InChI=1S/C7H6Cl3O4/c1-2-3-13-6(12)5(8)7(9,10)14-4-11/h2,5H,1,3H2. The molecule has 0 saturated carbocycles. The minimum Gasteiger partial charge on any atom is -0.460 e. The zero-order valence-electron chi connectivity index (χ0n) is 6.84. The lowest BCUT2D eigenvalue weighted by Crippen LogP contribution is -2.37. The van der Waals surface area contributed by atoms with Crippen LogP contribution in [0.15, 0.2) is 12.7 Å². The number of carbonyl (C=O) groups is 1. The Morgan fingerprint density at radius 1 is 1.64 bits per heavy atom. The molecule has 79 valence electrons. The molecule has 0 rings (SSSR count). The molecular formula is C7H6Cl3O4. The smallest absolute Gasteiger partial charge is 0.420 e. The van der Waals surface area contributed by atoms with Crippen molar-refractivity contribution >= 4 is 47.2 Å². The Morgan fingerprint density at radius 3 is 2.64 bits per heavy atom. The maximum absolute atomic E-state index is 11.0. The molecule has 1 unspecified atom stereocenters. The first-order chi connectivity index (χ1) is 6.45. The molecule has 0 amide bonds. The van der Waals surface area contributed by atoms with Crippen LogP contribution in [0.3, 0.4) is 0 Å². The second-order valence-electron chi connectivity index (χ2n) is 2.03. The fraction of sp³-hybridized carbons (Fsp3) is 0.429. The van der Waals surface area contributed by atoms with Crippen molar-refractivity contribution in [1.82, 2.24) is 0 Å². The number of esters is 1. The lowest BCUT2D eigenvalue weighted by Gasteiger charge is -2.20. The van der Waals surface area contributed by atoms with Crippen LogP contribution < -0.4 is 0 Å². The summed E-state index contributed by atoms with van der Waals surface area (Å²) in [4.78, 5) is 20.9. The van der Waals surface area contributed by atoms with E-state index >= 15 is 0 Å². The van der Waals surface area contributed by atoms with E-state index in [1.807, 2.05) is 0 Å². The molecule has 1 atom stereocenters. The second-order valence-corrected chi connectivity index (χ2v) is 3.78. The van der Waals surface area contributed by atoms with Gasteiger partial charge in [-0.2, -0.15) is 0 Å². The number of carbonyl (C=O) groups excluding carboxylic acids is 2. The molecular weight excluding hydrogens is 254 g/mol. The molecule has 0 saturated heterocycles. The summed E-state index contributed by atoms with van der Waals surface area (Å²) in [5.41, 5.74) is 0. The van der Waals surface area contributed by atoms with E-state index in [2.05, 4.69) is 16.1 Å².